The number of benzene rings is 1. The summed E-state index contributed by atoms with van der Waals surface area (Å²) in [6.07, 6.45) is 0.949. The van der Waals surface area contributed by atoms with E-state index in [9.17, 15) is 14.4 Å². The third-order valence-corrected chi connectivity index (χ3v) is 4.28. The molecule has 1 atom stereocenters. The molecule has 0 aromatic heterocycles. The van der Waals surface area contributed by atoms with Gasteiger partial charge in [0.25, 0.3) is 0 Å². The van der Waals surface area contributed by atoms with Gasteiger partial charge in [0.1, 0.15) is 0 Å². The number of nitrogens with zero attached hydrogens (tertiary/aromatic N) is 1. The van der Waals surface area contributed by atoms with Crippen LogP contribution in [-0.4, -0.2) is 56.6 Å². The predicted molar refractivity (Wildman–Crippen MR) is 90.8 cm³/mol. The first kappa shape index (κ1) is 18.9. The molecule has 1 aromatic rings. The molecular formula is C18H24N2O5. The topological polar surface area (TPSA) is 84.9 Å². The highest BCUT2D eigenvalue weighted by Gasteiger charge is 2.29. The number of amides is 2. The summed E-state index contributed by atoms with van der Waals surface area (Å²) in [6, 6.07) is 6.89. The first-order valence-corrected chi connectivity index (χ1v) is 8.26. The fourth-order valence-electron chi connectivity index (χ4n) is 2.76. The van der Waals surface area contributed by atoms with E-state index in [4.69, 9.17) is 4.74 Å². The molecule has 7 heteroatoms. The van der Waals surface area contributed by atoms with E-state index in [1.807, 2.05) is 0 Å². The van der Waals surface area contributed by atoms with Gasteiger partial charge in [-0.05, 0) is 24.1 Å². The summed E-state index contributed by atoms with van der Waals surface area (Å²) in [5.41, 5.74) is 1.36. The fraction of sp³-hybridized carbons (Fsp3) is 0.500. The Morgan fingerprint density at radius 3 is 2.60 bits per heavy atom. The zero-order valence-electron chi connectivity index (χ0n) is 14.6. The summed E-state index contributed by atoms with van der Waals surface area (Å²) < 4.78 is 9.65. The van der Waals surface area contributed by atoms with Crippen molar-refractivity contribution >= 4 is 17.8 Å². The number of piperidine rings is 1. The van der Waals surface area contributed by atoms with Crippen molar-refractivity contribution in [3.63, 3.8) is 0 Å². The SMILES string of the molecule is COCCN1C[C@H](C(=O)NCc2ccc(C(=O)OC)cc2)CCC1=O. The monoisotopic (exact) mass is 348 g/mol. The Balaban J connectivity index is 1.85. The molecule has 1 saturated heterocycles. The van der Waals surface area contributed by atoms with Gasteiger partial charge in [-0.1, -0.05) is 12.1 Å². The standard InChI is InChI=1S/C18H24N2O5/c1-24-10-9-20-12-15(7-8-16(20)21)17(22)19-11-13-3-5-14(6-4-13)18(23)25-2/h3-6,15H,7-12H2,1-2H3,(H,19,22)/t15-/m1/s1. The Bertz CT molecular complexity index is 614. The van der Waals surface area contributed by atoms with Crippen LogP contribution in [0.1, 0.15) is 28.8 Å². The number of nitrogens with one attached hydrogen (secondary N) is 1. The number of ether oxygens (including phenoxy) is 2. The second-order valence-electron chi connectivity index (χ2n) is 5.97. The lowest BCUT2D eigenvalue weighted by Gasteiger charge is -2.31. The number of methoxy groups -OCH3 is 2. The molecule has 1 aliphatic rings. The van der Waals surface area contributed by atoms with Crippen LogP contribution in [0, 0.1) is 5.92 Å². The number of hydrogen-bond donors (Lipinski definition) is 1. The predicted octanol–water partition coefficient (Wildman–Crippen LogP) is 0.974. The highest BCUT2D eigenvalue weighted by Crippen LogP contribution is 2.18. The molecule has 0 saturated carbocycles. The fourth-order valence-corrected chi connectivity index (χ4v) is 2.76. The van der Waals surface area contributed by atoms with Gasteiger partial charge in [-0.25, -0.2) is 4.79 Å². The Morgan fingerprint density at radius 1 is 1.24 bits per heavy atom. The molecule has 2 rings (SSSR count). The van der Waals surface area contributed by atoms with Crippen LogP contribution >= 0.6 is 0 Å². The van der Waals surface area contributed by atoms with Crippen LogP contribution < -0.4 is 5.32 Å². The Hall–Kier alpha value is -2.41. The Kier molecular flexibility index (Phi) is 6.94. The van der Waals surface area contributed by atoms with Crippen LogP contribution in [0.15, 0.2) is 24.3 Å². The third kappa shape index (κ3) is 5.29. The largest absolute Gasteiger partial charge is 0.465 e. The zero-order valence-corrected chi connectivity index (χ0v) is 14.6. The number of rotatable bonds is 7. The molecule has 0 aliphatic carbocycles. The van der Waals surface area contributed by atoms with E-state index in [-0.39, 0.29) is 17.7 Å². The second kappa shape index (κ2) is 9.17. The molecule has 136 valence electrons. The van der Waals surface area contributed by atoms with E-state index in [1.165, 1.54) is 7.11 Å². The van der Waals surface area contributed by atoms with Crippen molar-refractivity contribution in [2.75, 3.05) is 33.9 Å². The van der Waals surface area contributed by atoms with Crippen LogP contribution in [0.3, 0.4) is 0 Å². The summed E-state index contributed by atoms with van der Waals surface area (Å²) in [5, 5.41) is 2.90. The van der Waals surface area contributed by atoms with Crippen molar-refractivity contribution in [1.82, 2.24) is 10.2 Å². The van der Waals surface area contributed by atoms with E-state index in [0.717, 1.165) is 5.56 Å². The maximum atomic E-state index is 12.4. The molecule has 7 nitrogen and oxygen atoms in total. The number of esters is 1. The van der Waals surface area contributed by atoms with Gasteiger partial charge in [0, 0.05) is 33.2 Å². The van der Waals surface area contributed by atoms with Crippen LogP contribution in [0.2, 0.25) is 0 Å². The Labute approximate surface area is 147 Å². The van der Waals surface area contributed by atoms with E-state index < -0.39 is 5.97 Å². The number of carbonyl (C=O) groups excluding carboxylic acids is 3. The van der Waals surface area contributed by atoms with Gasteiger partial charge in [-0.2, -0.15) is 0 Å². The Morgan fingerprint density at radius 2 is 1.96 bits per heavy atom. The van der Waals surface area contributed by atoms with Crippen molar-refractivity contribution in [1.29, 1.82) is 0 Å². The summed E-state index contributed by atoms with van der Waals surface area (Å²) in [5.74, 6) is -0.589. The van der Waals surface area contributed by atoms with E-state index in [0.29, 0.717) is 44.6 Å². The lowest BCUT2D eigenvalue weighted by Crippen LogP contribution is -2.46. The lowest BCUT2D eigenvalue weighted by molar-refractivity contribution is -0.138. The summed E-state index contributed by atoms with van der Waals surface area (Å²) in [7, 11) is 2.92. The number of hydrogen-bond acceptors (Lipinski definition) is 5. The van der Waals surface area contributed by atoms with Gasteiger partial charge in [0.05, 0.1) is 25.2 Å². The molecule has 1 aromatic carbocycles. The lowest BCUT2D eigenvalue weighted by atomic mass is 9.96. The second-order valence-corrected chi connectivity index (χ2v) is 5.97. The van der Waals surface area contributed by atoms with E-state index in [2.05, 4.69) is 10.1 Å². The van der Waals surface area contributed by atoms with Crippen molar-refractivity contribution in [3.05, 3.63) is 35.4 Å². The smallest absolute Gasteiger partial charge is 0.337 e. The minimum absolute atomic E-state index is 0.0630. The third-order valence-electron chi connectivity index (χ3n) is 4.28. The van der Waals surface area contributed by atoms with Crippen molar-refractivity contribution in [2.45, 2.75) is 19.4 Å². The van der Waals surface area contributed by atoms with Crippen LogP contribution in [-0.2, 0) is 25.6 Å². The highest BCUT2D eigenvalue weighted by molar-refractivity contribution is 5.89. The van der Waals surface area contributed by atoms with E-state index in [1.54, 1.807) is 36.3 Å². The summed E-state index contributed by atoms with van der Waals surface area (Å²) >= 11 is 0. The summed E-state index contributed by atoms with van der Waals surface area (Å²) in [4.78, 5) is 37.3. The first-order chi connectivity index (χ1) is 12.0. The molecule has 25 heavy (non-hydrogen) atoms. The van der Waals surface area contributed by atoms with Crippen molar-refractivity contribution < 1.29 is 23.9 Å². The summed E-state index contributed by atoms with van der Waals surface area (Å²) in [6.45, 7) is 1.78. The molecule has 1 N–H and O–H groups in total. The first-order valence-electron chi connectivity index (χ1n) is 8.26. The maximum Gasteiger partial charge on any atom is 0.337 e. The van der Waals surface area contributed by atoms with Crippen molar-refractivity contribution in [3.8, 4) is 0 Å². The average molecular weight is 348 g/mol. The molecule has 1 fully saturated rings. The normalized spacial score (nSPS) is 17.3. The molecule has 0 bridgehead atoms. The van der Waals surface area contributed by atoms with Gasteiger partial charge in [0.15, 0.2) is 0 Å². The molecule has 2 amide bonds. The van der Waals surface area contributed by atoms with Gasteiger partial charge in [0.2, 0.25) is 11.8 Å². The van der Waals surface area contributed by atoms with Gasteiger partial charge < -0.3 is 19.7 Å². The van der Waals surface area contributed by atoms with Crippen LogP contribution in [0.25, 0.3) is 0 Å². The van der Waals surface area contributed by atoms with Gasteiger partial charge in [-0.3, -0.25) is 9.59 Å². The molecule has 0 spiro atoms. The number of carbonyl (C=O) groups is 3. The average Bonchev–Trinajstić information content (AvgIpc) is 2.65. The quantitative estimate of drug-likeness (QED) is 0.743. The minimum Gasteiger partial charge on any atom is -0.465 e. The number of likely N-dealkylation sites (tertiary alicyclic amines) is 1. The maximum absolute atomic E-state index is 12.4. The van der Waals surface area contributed by atoms with Gasteiger partial charge >= 0.3 is 5.97 Å². The van der Waals surface area contributed by atoms with E-state index >= 15 is 0 Å². The molecule has 1 aliphatic heterocycles. The zero-order chi connectivity index (χ0) is 18.2. The van der Waals surface area contributed by atoms with Gasteiger partial charge in [-0.15, -0.1) is 0 Å². The molecular weight excluding hydrogens is 324 g/mol. The highest BCUT2D eigenvalue weighted by atomic mass is 16.5. The minimum atomic E-state index is -0.390. The molecule has 1 heterocycles. The van der Waals surface area contributed by atoms with Crippen molar-refractivity contribution in [2.24, 2.45) is 5.92 Å². The molecule has 0 radical (unpaired) electrons. The van der Waals surface area contributed by atoms with Crippen LogP contribution in [0.5, 0.6) is 0 Å². The molecule has 0 unspecified atom stereocenters. The van der Waals surface area contributed by atoms with Crippen LogP contribution in [0.4, 0.5) is 0 Å².